The highest BCUT2D eigenvalue weighted by atomic mass is 16.8. The van der Waals surface area contributed by atoms with Crippen molar-refractivity contribution in [2.45, 2.75) is 50.8 Å². The van der Waals surface area contributed by atoms with Gasteiger partial charge in [-0.3, -0.25) is 0 Å². The summed E-state index contributed by atoms with van der Waals surface area (Å²) in [5, 5.41) is 0. The van der Waals surface area contributed by atoms with Gasteiger partial charge in [0, 0.05) is 24.5 Å². The van der Waals surface area contributed by atoms with Crippen LogP contribution in [-0.2, 0) is 23.7 Å². The van der Waals surface area contributed by atoms with Crippen LogP contribution in [0.1, 0.15) is 26.7 Å². The van der Waals surface area contributed by atoms with E-state index in [1.165, 1.54) is 7.11 Å². The Balaban J connectivity index is 1.89. The summed E-state index contributed by atoms with van der Waals surface area (Å²) in [6.45, 7) is 3.87. The molecule has 20 heavy (non-hydrogen) atoms. The van der Waals surface area contributed by atoms with Crippen molar-refractivity contribution in [2.24, 2.45) is 11.8 Å². The Morgan fingerprint density at radius 3 is 2.75 bits per heavy atom. The molecule has 0 amide bonds. The molecule has 1 heterocycles. The number of rotatable bonds is 2. The second-order valence-electron chi connectivity index (χ2n) is 6.22. The molecular weight excluding hydrogens is 260 g/mol. The minimum absolute atomic E-state index is 0.00620. The van der Waals surface area contributed by atoms with E-state index < -0.39 is 5.79 Å². The van der Waals surface area contributed by atoms with Crippen molar-refractivity contribution in [3.63, 3.8) is 0 Å². The molecule has 0 N–H and O–H groups in total. The average Bonchev–Trinajstić information content (AvgIpc) is 2.88. The van der Waals surface area contributed by atoms with Crippen molar-refractivity contribution in [1.82, 2.24) is 0 Å². The monoisotopic (exact) mass is 282 g/mol. The average molecular weight is 282 g/mol. The van der Waals surface area contributed by atoms with Gasteiger partial charge in [-0.1, -0.05) is 6.08 Å². The van der Waals surface area contributed by atoms with Crippen LogP contribution < -0.4 is 0 Å². The molecule has 2 aliphatic carbocycles. The number of hydrogen-bond donors (Lipinski definition) is 0. The van der Waals surface area contributed by atoms with Crippen molar-refractivity contribution < 1.29 is 23.7 Å². The molecule has 3 rings (SSSR count). The number of esters is 1. The van der Waals surface area contributed by atoms with Crippen LogP contribution in [-0.4, -0.2) is 44.3 Å². The third kappa shape index (κ3) is 2.08. The molecule has 0 aromatic heterocycles. The second-order valence-corrected chi connectivity index (χ2v) is 6.22. The maximum atomic E-state index is 11.9. The largest absolute Gasteiger partial charge is 0.466 e. The van der Waals surface area contributed by atoms with Crippen LogP contribution in [0.3, 0.4) is 0 Å². The summed E-state index contributed by atoms with van der Waals surface area (Å²) in [6, 6.07) is 0. The molecule has 3 aliphatic rings. The Morgan fingerprint density at radius 2 is 2.10 bits per heavy atom. The van der Waals surface area contributed by atoms with Crippen molar-refractivity contribution >= 4 is 5.97 Å². The van der Waals surface area contributed by atoms with E-state index in [9.17, 15) is 4.79 Å². The van der Waals surface area contributed by atoms with Crippen LogP contribution in [0, 0.1) is 11.8 Å². The Labute approximate surface area is 119 Å². The lowest BCUT2D eigenvalue weighted by molar-refractivity contribution is -0.167. The van der Waals surface area contributed by atoms with E-state index in [1.807, 2.05) is 19.9 Å². The molecular formula is C15H22O5. The minimum atomic E-state index is -0.550. The Morgan fingerprint density at radius 1 is 1.35 bits per heavy atom. The standard InChI is InChI=1S/C15H22O5/c1-15(2)19-11-7-9-8(14(16)18-4)5-6-10(17-3)12(9)13(11)20-15/h5,9-13H,6-7H2,1-4H3. The van der Waals surface area contributed by atoms with Gasteiger partial charge >= 0.3 is 5.97 Å². The highest BCUT2D eigenvalue weighted by Gasteiger charge is 2.58. The number of carbonyl (C=O) groups excluding carboxylic acids is 1. The maximum Gasteiger partial charge on any atom is 0.333 e. The van der Waals surface area contributed by atoms with Gasteiger partial charge in [0.05, 0.1) is 25.4 Å². The zero-order chi connectivity index (χ0) is 14.5. The normalized spacial score (nSPS) is 41.8. The lowest BCUT2D eigenvalue weighted by atomic mass is 9.78. The molecule has 1 aliphatic heterocycles. The van der Waals surface area contributed by atoms with Gasteiger partial charge in [-0.05, 0) is 26.7 Å². The topological polar surface area (TPSA) is 54.0 Å². The molecule has 0 bridgehead atoms. The van der Waals surface area contributed by atoms with Crippen molar-refractivity contribution in [3.05, 3.63) is 11.6 Å². The fourth-order valence-corrected chi connectivity index (χ4v) is 3.97. The summed E-state index contributed by atoms with van der Waals surface area (Å²) in [4.78, 5) is 11.9. The maximum absolute atomic E-state index is 11.9. The van der Waals surface area contributed by atoms with E-state index in [0.29, 0.717) is 0 Å². The lowest BCUT2D eigenvalue weighted by Gasteiger charge is -2.35. The molecule has 112 valence electrons. The van der Waals surface area contributed by atoms with Crippen molar-refractivity contribution in [3.8, 4) is 0 Å². The number of fused-ring (bicyclic) bond motifs is 3. The van der Waals surface area contributed by atoms with E-state index in [0.717, 1.165) is 18.4 Å². The Hall–Kier alpha value is -0.910. The molecule has 5 unspecified atom stereocenters. The number of methoxy groups -OCH3 is 2. The van der Waals surface area contributed by atoms with E-state index in [2.05, 4.69) is 0 Å². The SMILES string of the molecule is COC(=O)C1=CCC(OC)C2C1CC1OC(C)(C)OC12. The van der Waals surface area contributed by atoms with Crippen molar-refractivity contribution in [2.75, 3.05) is 14.2 Å². The Kier molecular flexibility index (Phi) is 3.39. The number of ether oxygens (including phenoxy) is 4. The quantitative estimate of drug-likeness (QED) is 0.721. The molecule has 5 heteroatoms. The van der Waals surface area contributed by atoms with Crippen LogP contribution in [0.25, 0.3) is 0 Å². The fourth-order valence-electron chi connectivity index (χ4n) is 3.97. The zero-order valence-corrected chi connectivity index (χ0v) is 12.4. The third-order valence-electron chi connectivity index (χ3n) is 4.67. The Bertz CT molecular complexity index is 442. The minimum Gasteiger partial charge on any atom is -0.466 e. The van der Waals surface area contributed by atoms with Gasteiger partial charge < -0.3 is 18.9 Å². The summed E-state index contributed by atoms with van der Waals surface area (Å²) in [7, 11) is 3.14. The number of carbonyl (C=O) groups is 1. The van der Waals surface area contributed by atoms with E-state index >= 15 is 0 Å². The second kappa shape index (κ2) is 4.83. The lowest BCUT2D eigenvalue weighted by Crippen LogP contribution is -2.40. The first-order chi connectivity index (χ1) is 9.46. The smallest absolute Gasteiger partial charge is 0.333 e. The summed E-state index contributed by atoms with van der Waals surface area (Å²) in [6.07, 6.45) is 3.56. The first-order valence-electron chi connectivity index (χ1n) is 7.13. The van der Waals surface area contributed by atoms with Gasteiger partial charge in [0.1, 0.15) is 0 Å². The van der Waals surface area contributed by atoms with Crippen LogP contribution >= 0.6 is 0 Å². The van der Waals surface area contributed by atoms with Crippen LogP contribution in [0.2, 0.25) is 0 Å². The molecule has 0 radical (unpaired) electrons. The van der Waals surface area contributed by atoms with Gasteiger partial charge in [-0.15, -0.1) is 0 Å². The fraction of sp³-hybridized carbons (Fsp3) is 0.800. The first kappa shape index (κ1) is 14.0. The molecule has 1 saturated carbocycles. The molecule has 5 nitrogen and oxygen atoms in total. The van der Waals surface area contributed by atoms with Gasteiger partial charge in [0.2, 0.25) is 0 Å². The number of hydrogen-bond acceptors (Lipinski definition) is 5. The first-order valence-corrected chi connectivity index (χ1v) is 7.13. The molecule has 0 aromatic carbocycles. The molecule has 0 aromatic rings. The summed E-state index contributed by atoms with van der Waals surface area (Å²) < 4.78 is 22.5. The predicted molar refractivity (Wildman–Crippen MR) is 70.9 cm³/mol. The summed E-state index contributed by atoms with van der Waals surface area (Å²) in [5.74, 6) is -0.530. The molecule has 1 saturated heterocycles. The predicted octanol–water partition coefficient (Wildman–Crippen LogP) is 1.66. The van der Waals surface area contributed by atoms with Gasteiger partial charge in [0.15, 0.2) is 5.79 Å². The highest BCUT2D eigenvalue weighted by Crippen LogP contribution is 2.51. The van der Waals surface area contributed by atoms with Gasteiger partial charge in [0.25, 0.3) is 0 Å². The summed E-state index contributed by atoms with van der Waals surface area (Å²) in [5.41, 5.74) is 0.755. The van der Waals surface area contributed by atoms with E-state index in [-0.39, 0.29) is 36.1 Å². The molecule has 5 atom stereocenters. The zero-order valence-electron chi connectivity index (χ0n) is 12.4. The van der Waals surface area contributed by atoms with Crippen molar-refractivity contribution in [1.29, 1.82) is 0 Å². The van der Waals surface area contributed by atoms with E-state index in [1.54, 1.807) is 7.11 Å². The molecule has 0 spiro atoms. The van der Waals surface area contributed by atoms with Crippen LogP contribution in [0.15, 0.2) is 11.6 Å². The van der Waals surface area contributed by atoms with E-state index in [4.69, 9.17) is 18.9 Å². The highest BCUT2D eigenvalue weighted by molar-refractivity contribution is 5.89. The van der Waals surface area contributed by atoms with Gasteiger partial charge in [-0.2, -0.15) is 0 Å². The van der Waals surface area contributed by atoms with Gasteiger partial charge in [-0.25, -0.2) is 4.79 Å². The molecule has 2 fully saturated rings. The summed E-state index contributed by atoms with van der Waals surface area (Å²) >= 11 is 0. The van der Waals surface area contributed by atoms with Crippen LogP contribution in [0.4, 0.5) is 0 Å². The third-order valence-corrected chi connectivity index (χ3v) is 4.67. The van der Waals surface area contributed by atoms with Crippen LogP contribution in [0.5, 0.6) is 0 Å².